The molecule has 0 bridgehead atoms. The monoisotopic (exact) mass is 784 g/mol. The van der Waals surface area contributed by atoms with Crippen LogP contribution in [0.25, 0.3) is 121 Å². The van der Waals surface area contributed by atoms with Crippen molar-refractivity contribution in [3.05, 3.63) is 243 Å². The summed E-state index contributed by atoms with van der Waals surface area (Å²) in [5.74, 6) is 0. The van der Waals surface area contributed by atoms with Crippen LogP contribution in [0.2, 0.25) is 0 Å². The van der Waals surface area contributed by atoms with E-state index in [2.05, 4.69) is 243 Å². The van der Waals surface area contributed by atoms with Crippen molar-refractivity contribution in [2.24, 2.45) is 0 Å². The zero-order valence-electron chi connectivity index (χ0n) is 34.1. The highest BCUT2D eigenvalue weighted by molar-refractivity contribution is 6.25. The van der Waals surface area contributed by atoms with Gasteiger partial charge in [-0.2, -0.15) is 0 Å². The number of hydrogen-bond donors (Lipinski definition) is 0. The maximum absolute atomic E-state index is 2.48. The smallest absolute Gasteiger partial charge is 0.00261 e. The van der Waals surface area contributed by atoms with Gasteiger partial charge in [0.2, 0.25) is 0 Å². The minimum Gasteiger partial charge on any atom is -0.0622 e. The maximum Gasteiger partial charge on any atom is -0.00261 e. The van der Waals surface area contributed by atoms with Crippen molar-refractivity contribution < 1.29 is 0 Å². The third-order valence-electron chi connectivity index (χ3n) is 12.8. The van der Waals surface area contributed by atoms with E-state index in [1.54, 1.807) is 0 Å². The first-order chi connectivity index (χ1) is 30.8. The highest BCUT2D eigenvalue weighted by atomic mass is 14.2. The molecule has 0 saturated heterocycles. The molecule has 0 heteroatoms. The quantitative estimate of drug-likeness (QED) is 0.147. The van der Waals surface area contributed by atoms with Gasteiger partial charge in [0, 0.05) is 0 Å². The molecule has 12 aromatic carbocycles. The molecule has 0 amide bonds. The second-order valence-corrected chi connectivity index (χ2v) is 16.3. The minimum atomic E-state index is 1.20. The predicted molar refractivity (Wildman–Crippen MR) is 267 cm³/mol. The Bertz CT molecular complexity index is 3580. The molecule has 0 unspecified atom stereocenters. The van der Waals surface area contributed by atoms with Crippen LogP contribution in [0.1, 0.15) is 0 Å². The van der Waals surface area contributed by atoms with E-state index in [4.69, 9.17) is 0 Å². The molecule has 0 aliphatic rings. The van der Waals surface area contributed by atoms with E-state index in [1.807, 2.05) is 0 Å². The number of hydrogen-bond acceptors (Lipinski definition) is 0. The fourth-order valence-corrected chi connectivity index (χ4v) is 9.97. The van der Waals surface area contributed by atoms with Crippen LogP contribution in [0.15, 0.2) is 243 Å². The van der Waals surface area contributed by atoms with E-state index in [9.17, 15) is 0 Å². The summed E-state index contributed by atoms with van der Waals surface area (Å²) in [5.41, 5.74) is 14.8. The van der Waals surface area contributed by atoms with Crippen LogP contribution in [-0.4, -0.2) is 0 Å². The van der Waals surface area contributed by atoms with Crippen molar-refractivity contribution in [1.29, 1.82) is 0 Å². The van der Waals surface area contributed by atoms with E-state index in [0.29, 0.717) is 0 Å². The van der Waals surface area contributed by atoms with Gasteiger partial charge in [-0.3, -0.25) is 0 Å². The number of fused-ring (bicyclic) bond motifs is 5. The Morgan fingerprint density at radius 3 is 0.903 bits per heavy atom. The van der Waals surface area contributed by atoms with Gasteiger partial charge >= 0.3 is 0 Å². The lowest BCUT2D eigenvalue weighted by Gasteiger charge is -2.21. The number of rotatable bonds is 6. The van der Waals surface area contributed by atoms with Crippen molar-refractivity contribution in [1.82, 2.24) is 0 Å². The van der Waals surface area contributed by atoms with E-state index >= 15 is 0 Å². The normalized spacial score (nSPS) is 11.5. The summed E-state index contributed by atoms with van der Waals surface area (Å²) in [4.78, 5) is 0. The molecule has 0 heterocycles. The van der Waals surface area contributed by atoms with Crippen LogP contribution in [0, 0.1) is 0 Å². The third-order valence-corrected chi connectivity index (χ3v) is 12.8. The van der Waals surface area contributed by atoms with Gasteiger partial charge in [0.25, 0.3) is 0 Å². The first-order valence-electron chi connectivity index (χ1n) is 21.5. The average Bonchev–Trinajstić information content (AvgIpc) is 3.35. The van der Waals surface area contributed by atoms with Crippen molar-refractivity contribution in [3.63, 3.8) is 0 Å². The average molecular weight is 785 g/mol. The maximum atomic E-state index is 2.48. The summed E-state index contributed by atoms with van der Waals surface area (Å²) in [6, 6.07) is 89.4. The molecular weight excluding hydrogens is 745 g/mol. The molecule has 0 spiro atoms. The molecular formula is C62H40. The van der Waals surface area contributed by atoms with Crippen molar-refractivity contribution in [2.75, 3.05) is 0 Å². The highest BCUT2D eigenvalue weighted by Crippen LogP contribution is 2.48. The Morgan fingerprint density at radius 1 is 0.145 bits per heavy atom. The Morgan fingerprint density at radius 2 is 0.435 bits per heavy atom. The minimum absolute atomic E-state index is 1.20. The Labute approximate surface area is 361 Å². The summed E-state index contributed by atoms with van der Waals surface area (Å²) in [7, 11) is 0. The zero-order valence-corrected chi connectivity index (χ0v) is 34.1. The largest absolute Gasteiger partial charge is 0.0622 e. The lowest BCUT2D eigenvalue weighted by molar-refractivity contribution is 1.60. The highest BCUT2D eigenvalue weighted by Gasteiger charge is 2.21. The van der Waals surface area contributed by atoms with Gasteiger partial charge in [0.1, 0.15) is 0 Å². The SMILES string of the molecule is c1ccc(-c2ccc(-c3c4ccccc4c(-c4ccc(-c5ccccc5)cc4)c4cc(-c5c6ccccc6c(-c6ccc7ccccc7c6)c6ccccc56)ccc34)cc2)cc1. The van der Waals surface area contributed by atoms with Gasteiger partial charge in [-0.1, -0.05) is 231 Å². The first-order valence-corrected chi connectivity index (χ1v) is 21.5. The molecule has 0 atom stereocenters. The molecule has 0 nitrogen and oxygen atoms in total. The molecule has 12 aromatic rings. The molecule has 12 rings (SSSR count). The van der Waals surface area contributed by atoms with Crippen molar-refractivity contribution in [2.45, 2.75) is 0 Å². The van der Waals surface area contributed by atoms with Crippen LogP contribution in [0.3, 0.4) is 0 Å². The molecule has 0 aliphatic heterocycles. The fourth-order valence-electron chi connectivity index (χ4n) is 9.97. The van der Waals surface area contributed by atoms with Crippen molar-refractivity contribution >= 4 is 53.9 Å². The Kier molecular flexibility index (Phi) is 8.61. The molecule has 0 aliphatic carbocycles. The fraction of sp³-hybridized carbons (Fsp3) is 0. The Balaban J connectivity index is 1.14. The number of benzene rings is 12. The van der Waals surface area contributed by atoms with E-state index in [-0.39, 0.29) is 0 Å². The molecule has 0 radical (unpaired) electrons. The predicted octanol–water partition coefficient (Wildman–Crippen LogP) is 17.5. The second kappa shape index (κ2) is 14.9. The van der Waals surface area contributed by atoms with Crippen LogP contribution >= 0.6 is 0 Å². The van der Waals surface area contributed by atoms with E-state index in [1.165, 1.54) is 121 Å². The van der Waals surface area contributed by atoms with Crippen LogP contribution < -0.4 is 0 Å². The van der Waals surface area contributed by atoms with Gasteiger partial charge < -0.3 is 0 Å². The molecule has 62 heavy (non-hydrogen) atoms. The van der Waals surface area contributed by atoms with Gasteiger partial charge in [-0.05, 0) is 133 Å². The summed E-state index contributed by atoms with van der Waals surface area (Å²) in [6.07, 6.45) is 0. The Hall–Kier alpha value is -8.06. The third kappa shape index (κ3) is 5.99. The van der Waals surface area contributed by atoms with Gasteiger partial charge in [0.15, 0.2) is 0 Å². The second-order valence-electron chi connectivity index (χ2n) is 16.3. The summed E-state index contributed by atoms with van der Waals surface area (Å²) < 4.78 is 0. The van der Waals surface area contributed by atoms with Gasteiger partial charge in [-0.15, -0.1) is 0 Å². The summed E-state index contributed by atoms with van der Waals surface area (Å²) in [5, 5.41) is 12.5. The van der Waals surface area contributed by atoms with Crippen LogP contribution in [-0.2, 0) is 0 Å². The topological polar surface area (TPSA) is 0 Å². The molecule has 0 fully saturated rings. The lowest BCUT2D eigenvalue weighted by atomic mass is 9.82. The molecule has 0 aromatic heterocycles. The van der Waals surface area contributed by atoms with Crippen LogP contribution in [0.4, 0.5) is 0 Å². The van der Waals surface area contributed by atoms with Gasteiger partial charge in [0.05, 0.1) is 0 Å². The van der Waals surface area contributed by atoms with E-state index < -0.39 is 0 Å². The molecule has 288 valence electrons. The van der Waals surface area contributed by atoms with Crippen LogP contribution in [0.5, 0.6) is 0 Å². The zero-order chi connectivity index (χ0) is 41.0. The first kappa shape index (κ1) is 35.8. The standard InChI is InChI=1S/C62H40/c1-3-15-41(16-4-1)44-27-32-46(33-28-44)59-51-21-9-10-22-52(51)60(47-34-29-45(30-35-47)42-17-5-2-6-18-42)58-40-50(37-38-57(58)59)62-55-25-13-11-23-53(55)61(54-24-12-14-26-56(54)62)49-36-31-43-19-7-8-20-48(43)39-49/h1-40H. The summed E-state index contributed by atoms with van der Waals surface area (Å²) >= 11 is 0. The molecule has 0 saturated carbocycles. The molecule has 0 N–H and O–H groups in total. The summed E-state index contributed by atoms with van der Waals surface area (Å²) in [6.45, 7) is 0. The van der Waals surface area contributed by atoms with Crippen molar-refractivity contribution in [3.8, 4) is 66.8 Å². The van der Waals surface area contributed by atoms with Gasteiger partial charge in [-0.25, -0.2) is 0 Å². The lowest BCUT2D eigenvalue weighted by Crippen LogP contribution is -1.94. The van der Waals surface area contributed by atoms with E-state index in [0.717, 1.165) is 0 Å².